The monoisotopic (exact) mass is 456 g/mol. The Morgan fingerprint density at radius 3 is 2.42 bits per heavy atom. The molecule has 1 amide bonds. The summed E-state index contributed by atoms with van der Waals surface area (Å²) in [7, 11) is -3.56. The molecule has 1 aliphatic rings. The van der Waals surface area contributed by atoms with E-state index in [2.05, 4.69) is 41.5 Å². The van der Waals surface area contributed by atoms with E-state index in [1.165, 1.54) is 21.2 Å². The van der Waals surface area contributed by atoms with Crippen molar-refractivity contribution in [3.8, 4) is 10.6 Å². The van der Waals surface area contributed by atoms with Crippen LogP contribution in [0.25, 0.3) is 10.6 Å². The van der Waals surface area contributed by atoms with Gasteiger partial charge in [0.2, 0.25) is 21.1 Å². The summed E-state index contributed by atoms with van der Waals surface area (Å²) >= 11 is 1.26. The maximum Gasteiger partial charge on any atom is 0.245 e. The predicted molar refractivity (Wildman–Crippen MR) is 122 cm³/mol. The van der Waals surface area contributed by atoms with Gasteiger partial charge in [-0.1, -0.05) is 73.7 Å². The molecule has 4 rings (SSSR count). The Kier molecular flexibility index (Phi) is 5.92. The number of benzene rings is 2. The van der Waals surface area contributed by atoms with Crippen molar-refractivity contribution >= 4 is 32.4 Å². The Balaban J connectivity index is 1.53. The quantitative estimate of drug-likeness (QED) is 0.633. The SMILES string of the molecule is CC(C)c1ccc(-c2nnc(NC(=O)[C@H]3Cc4ccccc4CN3S(C)(=O)=O)s2)cc1. The van der Waals surface area contributed by atoms with Crippen LogP contribution in [0, 0.1) is 0 Å². The summed E-state index contributed by atoms with van der Waals surface area (Å²) in [4.78, 5) is 13.0. The minimum absolute atomic E-state index is 0.177. The highest BCUT2D eigenvalue weighted by Crippen LogP contribution is 2.30. The number of anilines is 1. The van der Waals surface area contributed by atoms with Crippen LogP contribution in [0.15, 0.2) is 48.5 Å². The van der Waals surface area contributed by atoms with Gasteiger partial charge in [0.1, 0.15) is 11.0 Å². The van der Waals surface area contributed by atoms with Gasteiger partial charge in [-0.3, -0.25) is 10.1 Å². The molecule has 2 aromatic carbocycles. The van der Waals surface area contributed by atoms with Crippen LogP contribution >= 0.6 is 11.3 Å². The van der Waals surface area contributed by atoms with E-state index >= 15 is 0 Å². The number of amides is 1. The molecule has 0 saturated heterocycles. The molecule has 1 aliphatic heterocycles. The molecular weight excluding hydrogens is 432 g/mol. The van der Waals surface area contributed by atoms with Gasteiger partial charge in [0.05, 0.1) is 6.26 Å². The maximum atomic E-state index is 13.0. The van der Waals surface area contributed by atoms with E-state index in [9.17, 15) is 13.2 Å². The zero-order valence-electron chi connectivity index (χ0n) is 17.6. The van der Waals surface area contributed by atoms with Gasteiger partial charge in [0, 0.05) is 12.1 Å². The topological polar surface area (TPSA) is 92.3 Å². The van der Waals surface area contributed by atoms with Crippen molar-refractivity contribution in [2.75, 3.05) is 11.6 Å². The molecule has 0 aliphatic carbocycles. The maximum absolute atomic E-state index is 13.0. The Morgan fingerprint density at radius 2 is 1.77 bits per heavy atom. The van der Waals surface area contributed by atoms with Crippen molar-refractivity contribution in [1.82, 2.24) is 14.5 Å². The first kappa shape index (κ1) is 21.6. The first-order valence-electron chi connectivity index (χ1n) is 10.0. The first-order chi connectivity index (χ1) is 14.7. The molecule has 31 heavy (non-hydrogen) atoms. The number of fused-ring (bicyclic) bond motifs is 1. The van der Waals surface area contributed by atoms with Gasteiger partial charge >= 0.3 is 0 Å². The molecule has 1 atom stereocenters. The van der Waals surface area contributed by atoms with Crippen molar-refractivity contribution in [2.45, 2.75) is 38.8 Å². The van der Waals surface area contributed by atoms with Gasteiger partial charge in [-0.25, -0.2) is 8.42 Å². The van der Waals surface area contributed by atoms with Crippen LogP contribution in [0.4, 0.5) is 5.13 Å². The third-order valence-electron chi connectivity index (χ3n) is 5.41. The highest BCUT2D eigenvalue weighted by molar-refractivity contribution is 7.88. The second kappa shape index (κ2) is 8.49. The molecule has 0 radical (unpaired) electrons. The Bertz CT molecular complexity index is 1200. The van der Waals surface area contributed by atoms with Crippen molar-refractivity contribution in [3.05, 3.63) is 65.2 Å². The van der Waals surface area contributed by atoms with Gasteiger partial charge in [-0.2, -0.15) is 4.31 Å². The molecule has 9 heteroatoms. The average molecular weight is 457 g/mol. The minimum Gasteiger partial charge on any atom is -0.299 e. The van der Waals surface area contributed by atoms with Gasteiger partial charge < -0.3 is 0 Å². The van der Waals surface area contributed by atoms with Gasteiger partial charge in [-0.05, 0) is 29.0 Å². The Labute approximate surface area is 186 Å². The molecule has 162 valence electrons. The van der Waals surface area contributed by atoms with Crippen LogP contribution in [0.1, 0.15) is 36.5 Å². The van der Waals surface area contributed by atoms with Gasteiger partial charge in [0.15, 0.2) is 0 Å². The van der Waals surface area contributed by atoms with Crippen molar-refractivity contribution in [2.24, 2.45) is 0 Å². The molecule has 1 N–H and O–H groups in total. The molecule has 0 unspecified atom stereocenters. The summed E-state index contributed by atoms with van der Waals surface area (Å²) < 4.78 is 25.9. The summed E-state index contributed by atoms with van der Waals surface area (Å²) in [6.45, 7) is 4.45. The van der Waals surface area contributed by atoms with E-state index < -0.39 is 22.0 Å². The Hall–Kier alpha value is -2.62. The summed E-state index contributed by atoms with van der Waals surface area (Å²) in [5, 5.41) is 12.1. The highest BCUT2D eigenvalue weighted by atomic mass is 32.2. The molecule has 1 aromatic heterocycles. The first-order valence-corrected chi connectivity index (χ1v) is 12.7. The highest BCUT2D eigenvalue weighted by Gasteiger charge is 2.37. The van der Waals surface area contributed by atoms with Crippen LogP contribution in [0.5, 0.6) is 0 Å². The van der Waals surface area contributed by atoms with Gasteiger partial charge in [-0.15, -0.1) is 10.2 Å². The lowest BCUT2D eigenvalue weighted by molar-refractivity contribution is -0.120. The Morgan fingerprint density at radius 1 is 1.10 bits per heavy atom. The van der Waals surface area contributed by atoms with E-state index in [0.717, 1.165) is 22.9 Å². The summed E-state index contributed by atoms with van der Waals surface area (Å²) in [5.41, 5.74) is 4.05. The fourth-order valence-electron chi connectivity index (χ4n) is 3.66. The number of hydrogen-bond donors (Lipinski definition) is 1. The fraction of sp³-hybridized carbons (Fsp3) is 0.318. The number of hydrogen-bond acceptors (Lipinski definition) is 6. The molecule has 2 heterocycles. The molecule has 0 saturated carbocycles. The average Bonchev–Trinajstić information content (AvgIpc) is 3.20. The molecular formula is C22H24N4O3S2. The molecule has 3 aromatic rings. The van der Waals surface area contributed by atoms with Crippen LogP contribution in [-0.4, -0.2) is 41.1 Å². The molecule has 0 bridgehead atoms. The number of carbonyl (C=O) groups is 1. The van der Waals surface area contributed by atoms with E-state index in [0.29, 0.717) is 22.5 Å². The number of sulfonamides is 1. The van der Waals surface area contributed by atoms with Crippen LogP contribution in [0.3, 0.4) is 0 Å². The zero-order valence-corrected chi connectivity index (χ0v) is 19.2. The van der Waals surface area contributed by atoms with Crippen molar-refractivity contribution in [1.29, 1.82) is 0 Å². The lowest BCUT2D eigenvalue weighted by Gasteiger charge is -2.33. The molecule has 7 nitrogen and oxygen atoms in total. The number of nitrogens with zero attached hydrogens (tertiary/aromatic N) is 3. The largest absolute Gasteiger partial charge is 0.299 e. The van der Waals surface area contributed by atoms with Crippen LogP contribution in [0.2, 0.25) is 0 Å². The number of carbonyl (C=O) groups excluding carboxylic acids is 1. The lowest BCUT2D eigenvalue weighted by atomic mass is 9.95. The summed E-state index contributed by atoms with van der Waals surface area (Å²) in [6, 6.07) is 14.9. The summed E-state index contributed by atoms with van der Waals surface area (Å²) in [5.74, 6) is 0.0366. The third-order valence-corrected chi connectivity index (χ3v) is 7.54. The smallest absolute Gasteiger partial charge is 0.245 e. The standard InChI is InChI=1S/C22H24N4O3S2/c1-14(2)15-8-10-16(11-9-15)21-24-25-22(30-21)23-20(27)19-12-17-6-4-5-7-18(17)13-26(19)31(3,28)29/h4-11,14,19H,12-13H2,1-3H3,(H,23,25,27)/t19-/m1/s1. The third kappa shape index (κ3) is 4.68. The van der Waals surface area contributed by atoms with Crippen molar-refractivity contribution in [3.63, 3.8) is 0 Å². The van der Waals surface area contributed by atoms with E-state index in [1.807, 2.05) is 36.4 Å². The van der Waals surface area contributed by atoms with E-state index in [1.54, 1.807) is 0 Å². The summed E-state index contributed by atoms with van der Waals surface area (Å²) in [6.07, 6.45) is 1.45. The molecule has 0 spiro atoms. The second-order valence-electron chi connectivity index (χ2n) is 7.98. The van der Waals surface area contributed by atoms with E-state index in [-0.39, 0.29) is 6.54 Å². The number of rotatable bonds is 5. The molecule has 0 fully saturated rings. The van der Waals surface area contributed by atoms with E-state index in [4.69, 9.17) is 0 Å². The predicted octanol–water partition coefficient (Wildman–Crippen LogP) is 3.65. The van der Waals surface area contributed by atoms with Crippen molar-refractivity contribution < 1.29 is 13.2 Å². The number of nitrogens with one attached hydrogen (secondary N) is 1. The van der Waals surface area contributed by atoms with Crippen LogP contribution in [-0.2, 0) is 27.8 Å². The van der Waals surface area contributed by atoms with Crippen LogP contribution < -0.4 is 5.32 Å². The fourth-order valence-corrected chi connectivity index (χ4v) is 5.42. The normalized spacial score (nSPS) is 16.8. The minimum atomic E-state index is -3.56. The lowest BCUT2D eigenvalue weighted by Crippen LogP contribution is -2.50. The second-order valence-corrected chi connectivity index (χ2v) is 10.9. The van der Waals surface area contributed by atoms with Gasteiger partial charge in [0.25, 0.3) is 0 Å². The zero-order chi connectivity index (χ0) is 22.2. The number of aromatic nitrogens is 2.